The molecule has 17 nitrogen and oxygen atoms in total. The van der Waals surface area contributed by atoms with E-state index in [9.17, 15) is 14.4 Å². The number of amides is 3. The lowest BCUT2D eigenvalue weighted by molar-refractivity contribution is -0.129. The molecule has 4 aliphatic rings. The Hall–Kier alpha value is -6.75. The largest absolute Gasteiger partial charge is 0.473 e. The number of carbonyl (C=O) groups excluding carboxylic acids is 3. The fraction of sp³-hybridized carbons (Fsp3) is 0.413. The van der Waals surface area contributed by atoms with Crippen LogP contribution in [0.3, 0.4) is 0 Å². The number of ether oxygens (including phenoxy) is 2. The highest BCUT2D eigenvalue weighted by molar-refractivity contribution is 5.79. The van der Waals surface area contributed by atoms with Gasteiger partial charge in [-0.2, -0.15) is 10.2 Å². The second kappa shape index (κ2) is 18.3. The van der Waals surface area contributed by atoms with E-state index in [-0.39, 0.29) is 41.8 Å². The van der Waals surface area contributed by atoms with Crippen LogP contribution in [0, 0.1) is 11.8 Å². The number of benzene rings is 2. The number of nitrogens with zero attached hydrogens (tertiary/aromatic N) is 9. The maximum atomic E-state index is 11.6. The summed E-state index contributed by atoms with van der Waals surface area (Å²) in [6.07, 6.45) is 7.97. The number of hydrogen-bond donors (Lipinski definition) is 3. The molecule has 4 fully saturated rings. The molecule has 0 aliphatic carbocycles. The van der Waals surface area contributed by atoms with E-state index < -0.39 is 0 Å². The van der Waals surface area contributed by atoms with E-state index in [1.807, 2.05) is 43.3 Å². The number of rotatable bonds is 10. The molecule has 0 saturated carbocycles. The Kier molecular flexibility index (Phi) is 12.1. The zero-order valence-corrected chi connectivity index (χ0v) is 35.9. The molecule has 4 atom stereocenters. The van der Waals surface area contributed by atoms with Gasteiger partial charge in [-0.15, -0.1) is 0 Å². The van der Waals surface area contributed by atoms with Crippen LogP contribution in [0.15, 0.2) is 85.5 Å². The van der Waals surface area contributed by atoms with Gasteiger partial charge >= 0.3 is 0 Å². The molecule has 0 spiro atoms. The highest BCUT2D eigenvalue weighted by Crippen LogP contribution is 2.30. The first-order valence-corrected chi connectivity index (χ1v) is 21.9. The molecule has 3 N–H and O–H groups in total. The Bertz CT molecular complexity index is 2560. The van der Waals surface area contributed by atoms with Gasteiger partial charge in [0.1, 0.15) is 23.2 Å². The van der Waals surface area contributed by atoms with Crippen molar-refractivity contribution >= 4 is 40.1 Å². The molecule has 63 heavy (non-hydrogen) atoms. The topological polar surface area (TPSA) is 176 Å². The lowest BCUT2D eigenvalue weighted by Crippen LogP contribution is -2.48. The number of nitrogens with one attached hydrogen (secondary N) is 3. The summed E-state index contributed by atoms with van der Waals surface area (Å²) < 4.78 is 16.0. The Labute approximate surface area is 365 Å². The maximum absolute atomic E-state index is 11.6. The van der Waals surface area contributed by atoms with Crippen LogP contribution in [0.4, 0.5) is 11.4 Å². The smallest absolute Gasteiger partial charge is 0.240 e. The van der Waals surface area contributed by atoms with Crippen molar-refractivity contribution in [1.82, 2.24) is 50.0 Å². The van der Waals surface area contributed by atoms with Gasteiger partial charge in [0.05, 0.1) is 36.2 Å². The average molecular weight is 855 g/mol. The molecule has 4 aliphatic heterocycles. The van der Waals surface area contributed by atoms with Crippen LogP contribution in [0.25, 0.3) is 33.5 Å². The predicted molar refractivity (Wildman–Crippen MR) is 239 cm³/mol. The van der Waals surface area contributed by atoms with Gasteiger partial charge in [-0.3, -0.25) is 14.4 Å². The van der Waals surface area contributed by atoms with Crippen molar-refractivity contribution in [2.24, 2.45) is 11.8 Å². The molecule has 4 saturated heterocycles. The number of fused-ring (bicyclic) bond motifs is 2. The number of hydrogen-bond acceptors (Lipinski definition) is 12. The molecule has 3 amide bonds. The summed E-state index contributed by atoms with van der Waals surface area (Å²) in [7, 11) is 0. The Morgan fingerprint density at radius 2 is 1.08 bits per heavy atom. The molecule has 328 valence electrons. The third kappa shape index (κ3) is 9.38. The standard InChI is InChI=1S/C24H28N6O3.C22H26N6O2/c1-16(19-13-23(32)25-14-19)33-24-22-7-8-26-30(22)15-21(27-24)18-3-5-20(6-4-18)29-11-9-28(10-12-29)17(2)31;1-15(17-12-21(29)24-13-17)30-22-20-6-7-25-28(20)14-19(26-22)16-2-4-18(5-3-16)27-10-8-23-9-11-27/h3-8,15-16,19H,9-14H2,1-2H3,(H,25,32);2-7,14-15,17,23H,8-13H2,1H3,(H,24,29)/t16-,19-;15-,17-/m11/s1. The number of carbonyl (C=O) groups is 3. The predicted octanol–water partition coefficient (Wildman–Crippen LogP) is 3.68. The summed E-state index contributed by atoms with van der Waals surface area (Å²) in [6.45, 7) is 14.1. The van der Waals surface area contributed by atoms with Gasteiger partial charge < -0.3 is 40.1 Å². The summed E-state index contributed by atoms with van der Waals surface area (Å²) >= 11 is 0. The number of aromatic nitrogens is 6. The van der Waals surface area contributed by atoms with E-state index in [2.05, 4.69) is 84.5 Å². The van der Waals surface area contributed by atoms with Gasteiger partial charge in [0, 0.05) is 120 Å². The Morgan fingerprint density at radius 1 is 0.635 bits per heavy atom. The van der Waals surface area contributed by atoms with Crippen molar-refractivity contribution in [3.63, 3.8) is 0 Å². The van der Waals surface area contributed by atoms with E-state index in [4.69, 9.17) is 19.4 Å². The maximum Gasteiger partial charge on any atom is 0.240 e. The van der Waals surface area contributed by atoms with Crippen LogP contribution < -0.4 is 35.2 Å². The second-order valence-corrected chi connectivity index (χ2v) is 16.7. The zero-order valence-electron chi connectivity index (χ0n) is 35.9. The first-order chi connectivity index (χ1) is 30.6. The average Bonchev–Trinajstić information content (AvgIpc) is 4.16. The molecular weight excluding hydrogens is 801 g/mol. The van der Waals surface area contributed by atoms with E-state index >= 15 is 0 Å². The second-order valence-electron chi connectivity index (χ2n) is 16.7. The van der Waals surface area contributed by atoms with Crippen LogP contribution in [0.2, 0.25) is 0 Å². The first-order valence-electron chi connectivity index (χ1n) is 21.9. The molecule has 17 heteroatoms. The minimum atomic E-state index is -0.151. The molecular formula is C46H54N12O5. The van der Waals surface area contributed by atoms with Crippen LogP contribution in [0.5, 0.6) is 11.8 Å². The van der Waals surface area contributed by atoms with Crippen LogP contribution in [-0.2, 0) is 14.4 Å². The quantitative estimate of drug-likeness (QED) is 0.183. The summed E-state index contributed by atoms with van der Waals surface area (Å²) in [6, 6.07) is 20.5. The third-order valence-electron chi connectivity index (χ3n) is 12.6. The van der Waals surface area contributed by atoms with Gasteiger partial charge in [0.15, 0.2) is 0 Å². The molecule has 0 radical (unpaired) electrons. The Balaban J connectivity index is 0.000000161. The molecule has 0 unspecified atom stereocenters. The third-order valence-corrected chi connectivity index (χ3v) is 12.6. The molecule has 4 aromatic heterocycles. The van der Waals surface area contributed by atoms with Gasteiger partial charge in [-0.1, -0.05) is 24.3 Å². The van der Waals surface area contributed by atoms with Crippen molar-refractivity contribution in [3.8, 4) is 34.3 Å². The summed E-state index contributed by atoms with van der Waals surface area (Å²) in [5, 5.41) is 17.9. The van der Waals surface area contributed by atoms with Crippen molar-refractivity contribution in [2.75, 3.05) is 75.2 Å². The number of anilines is 2. The highest BCUT2D eigenvalue weighted by Gasteiger charge is 2.30. The molecule has 10 rings (SSSR count). The van der Waals surface area contributed by atoms with Gasteiger partial charge in [0.2, 0.25) is 29.5 Å². The van der Waals surface area contributed by atoms with Crippen molar-refractivity contribution < 1.29 is 23.9 Å². The monoisotopic (exact) mass is 854 g/mol. The van der Waals surface area contributed by atoms with Crippen LogP contribution in [0.1, 0.15) is 33.6 Å². The Morgan fingerprint density at radius 3 is 1.49 bits per heavy atom. The zero-order chi connectivity index (χ0) is 43.5. The summed E-state index contributed by atoms with van der Waals surface area (Å²) in [5.74, 6) is 1.60. The van der Waals surface area contributed by atoms with Crippen LogP contribution >= 0.6 is 0 Å². The molecule has 8 heterocycles. The summed E-state index contributed by atoms with van der Waals surface area (Å²) in [4.78, 5) is 50.9. The van der Waals surface area contributed by atoms with E-state index in [0.29, 0.717) is 37.7 Å². The fourth-order valence-electron chi connectivity index (χ4n) is 8.60. The lowest BCUT2D eigenvalue weighted by Gasteiger charge is -2.35. The number of piperazine rings is 2. The van der Waals surface area contributed by atoms with Crippen molar-refractivity contribution in [1.29, 1.82) is 0 Å². The minimum Gasteiger partial charge on any atom is -0.473 e. The van der Waals surface area contributed by atoms with Crippen molar-refractivity contribution in [3.05, 3.63) is 85.5 Å². The van der Waals surface area contributed by atoms with Crippen LogP contribution in [-0.4, -0.2) is 129 Å². The summed E-state index contributed by atoms with van der Waals surface area (Å²) in [5.41, 5.74) is 7.52. The van der Waals surface area contributed by atoms with E-state index in [0.717, 1.165) is 91.6 Å². The SMILES string of the molecule is CC(=O)N1CCN(c2ccc(-c3cn4nccc4c(O[C@H](C)[C@H]4CNC(=O)C4)n3)cc2)CC1.C[C@@H](Oc1nc(-c2ccc(N3CCNCC3)cc2)cn2nccc12)[C@H]1CNC(=O)C1. The van der Waals surface area contributed by atoms with Gasteiger partial charge in [-0.05, 0) is 50.2 Å². The van der Waals surface area contributed by atoms with E-state index in [1.54, 1.807) is 28.3 Å². The lowest BCUT2D eigenvalue weighted by atomic mass is 10.0. The van der Waals surface area contributed by atoms with Gasteiger partial charge in [0.25, 0.3) is 0 Å². The first kappa shape index (κ1) is 41.6. The van der Waals surface area contributed by atoms with Crippen molar-refractivity contribution in [2.45, 2.75) is 45.8 Å². The van der Waals surface area contributed by atoms with Gasteiger partial charge in [-0.25, -0.2) is 19.0 Å². The fourth-order valence-corrected chi connectivity index (χ4v) is 8.60. The van der Waals surface area contributed by atoms with E-state index in [1.165, 1.54) is 5.69 Å². The normalized spacial score (nSPS) is 20.0. The highest BCUT2D eigenvalue weighted by atomic mass is 16.5. The molecule has 0 bridgehead atoms. The molecule has 2 aromatic carbocycles. The minimum absolute atomic E-state index is 0.0643. The molecule has 6 aromatic rings.